The predicted molar refractivity (Wildman–Crippen MR) is 45.9 cm³/mol. The molecular formula is C8H4ClN2O. The van der Waals surface area contributed by atoms with E-state index in [1.807, 2.05) is 0 Å². The summed E-state index contributed by atoms with van der Waals surface area (Å²) in [6.07, 6.45) is 1.68. The molecule has 12 heavy (non-hydrogen) atoms. The van der Waals surface area contributed by atoms with Gasteiger partial charge in [-0.2, -0.15) is 0 Å². The minimum atomic E-state index is 0.201. The smallest absolute Gasteiger partial charge is 0.271 e. The van der Waals surface area contributed by atoms with Crippen LogP contribution < -0.4 is 0 Å². The summed E-state index contributed by atoms with van der Waals surface area (Å²) < 4.78 is 0. The summed E-state index contributed by atoms with van der Waals surface area (Å²) in [5.41, 5.74) is 1.47. The Kier molecular flexibility index (Phi) is 1.59. The van der Waals surface area contributed by atoms with Gasteiger partial charge in [-0.05, 0) is 18.2 Å². The lowest BCUT2D eigenvalue weighted by Gasteiger charge is -1.87. The Morgan fingerprint density at radius 1 is 1.50 bits per heavy atom. The van der Waals surface area contributed by atoms with E-state index in [2.05, 4.69) is 9.97 Å². The quantitative estimate of drug-likeness (QED) is 0.724. The van der Waals surface area contributed by atoms with Crippen LogP contribution in [0.5, 0.6) is 0 Å². The van der Waals surface area contributed by atoms with Crippen LogP contribution in [0.2, 0.25) is 5.02 Å². The number of fused-ring (bicyclic) bond motifs is 1. The molecule has 1 radical (unpaired) electrons. The molecule has 0 aliphatic heterocycles. The molecular weight excluding hydrogens is 176 g/mol. The molecule has 0 aliphatic rings. The van der Waals surface area contributed by atoms with Crippen molar-refractivity contribution < 1.29 is 4.79 Å². The molecule has 0 atom stereocenters. The van der Waals surface area contributed by atoms with Crippen molar-refractivity contribution in [1.82, 2.24) is 9.97 Å². The van der Waals surface area contributed by atoms with Gasteiger partial charge >= 0.3 is 0 Å². The molecule has 0 aliphatic carbocycles. The number of nitrogens with zero attached hydrogens (tertiary/aromatic N) is 1. The third-order valence-electron chi connectivity index (χ3n) is 1.54. The molecule has 3 nitrogen and oxygen atoms in total. The summed E-state index contributed by atoms with van der Waals surface area (Å²) in [5, 5.41) is 0.614. The van der Waals surface area contributed by atoms with Crippen LogP contribution in [0.25, 0.3) is 11.0 Å². The summed E-state index contributed by atoms with van der Waals surface area (Å²) in [6, 6.07) is 5.18. The van der Waals surface area contributed by atoms with Crippen LogP contribution in [0.1, 0.15) is 5.82 Å². The van der Waals surface area contributed by atoms with E-state index in [-0.39, 0.29) is 5.82 Å². The van der Waals surface area contributed by atoms with Gasteiger partial charge in [0, 0.05) is 5.02 Å². The highest BCUT2D eigenvalue weighted by Gasteiger charge is 2.01. The molecule has 0 saturated heterocycles. The third-order valence-corrected chi connectivity index (χ3v) is 1.78. The topological polar surface area (TPSA) is 45.8 Å². The van der Waals surface area contributed by atoms with Gasteiger partial charge in [-0.15, -0.1) is 0 Å². The van der Waals surface area contributed by atoms with Gasteiger partial charge in [-0.3, -0.25) is 4.79 Å². The van der Waals surface area contributed by atoms with Crippen molar-refractivity contribution in [2.24, 2.45) is 0 Å². The van der Waals surface area contributed by atoms with E-state index in [1.54, 1.807) is 24.5 Å². The fraction of sp³-hybridized carbons (Fsp3) is 0. The van der Waals surface area contributed by atoms with E-state index >= 15 is 0 Å². The Hall–Kier alpha value is -1.35. The maximum absolute atomic E-state index is 10.2. The van der Waals surface area contributed by atoms with Crippen molar-refractivity contribution in [2.75, 3.05) is 0 Å². The summed E-state index contributed by atoms with van der Waals surface area (Å²) >= 11 is 5.72. The van der Waals surface area contributed by atoms with E-state index in [0.717, 1.165) is 11.0 Å². The number of halogens is 1. The monoisotopic (exact) mass is 179 g/mol. The first kappa shape index (κ1) is 7.31. The molecule has 2 rings (SSSR count). The lowest BCUT2D eigenvalue weighted by Crippen LogP contribution is -1.79. The Bertz CT molecular complexity index is 436. The van der Waals surface area contributed by atoms with Gasteiger partial charge in [-0.25, -0.2) is 4.98 Å². The number of rotatable bonds is 1. The molecule has 0 unspecified atom stereocenters. The van der Waals surface area contributed by atoms with E-state index in [1.165, 1.54) is 0 Å². The van der Waals surface area contributed by atoms with Crippen molar-refractivity contribution in [3.63, 3.8) is 0 Å². The van der Waals surface area contributed by atoms with Crippen LogP contribution >= 0.6 is 11.6 Å². The van der Waals surface area contributed by atoms with Crippen LogP contribution in [0.3, 0.4) is 0 Å². The van der Waals surface area contributed by atoms with Gasteiger partial charge in [0.1, 0.15) is 0 Å². The normalized spacial score (nSPS) is 10.4. The van der Waals surface area contributed by atoms with Gasteiger partial charge in [0.15, 0.2) is 5.82 Å². The van der Waals surface area contributed by atoms with Gasteiger partial charge in [-0.1, -0.05) is 11.6 Å². The van der Waals surface area contributed by atoms with Crippen LogP contribution in [0.15, 0.2) is 18.2 Å². The molecule has 2 aromatic rings. The fourth-order valence-corrected chi connectivity index (χ4v) is 1.20. The molecule has 1 aromatic heterocycles. The summed E-state index contributed by atoms with van der Waals surface area (Å²) in [5.74, 6) is 0.201. The van der Waals surface area contributed by atoms with Gasteiger partial charge < -0.3 is 4.98 Å². The average molecular weight is 180 g/mol. The molecule has 59 valence electrons. The van der Waals surface area contributed by atoms with Crippen molar-refractivity contribution in [1.29, 1.82) is 0 Å². The molecule has 0 amide bonds. The first-order valence-corrected chi connectivity index (χ1v) is 3.71. The number of hydrogen-bond donors (Lipinski definition) is 1. The number of aromatic nitrogens is 2. The molecule has 0 fully saturated rings. The Labute approximate surface area is 73.4 Å². The lowest BCUT2D eigenvalue weighted by atomic mass is 10.3. The van der Waals surface area contributed by atoms with Crippen LogP contribution in [0, 0.1) is 0 Å². The van der Waals surface area contributed by atoms with Crippen molar-refractivity contribution in [3.8, 4) is 0 Å². The minimum Gasteiger partial charge on any atom is -0.335 e. The van der Waals surface area contributed by atoms with Crippen LogP contribution in [0.4, 0.5) is 0 Å². The predicted octanol–water partition coefficient (Wildman–Crippen LogP) is 1.67. The number of aromatic amines is 1. The number of hydrogen-bond acceptors (Lipinski definition) is 2. The van der Waals surface area contributed by atoms with E-state index in [9.17, 15) is 4.79 Å². The van der Waals surface area contributed by atoms with Gasteiger partial charge in [0.25, 0.3) is 6.29 Å². The van der Waals surface area contributed by atoms with E-state index < -0.39 is 0 Å². The van der Waals surface area contributed by atoms with Gasteiger partial charge in [0.05, 0.1) is 11.0 Å². The zero-order valence-corrected chi connectivity index (χ0v) is 6.72. The maximum Gasteiger partial charge on any atom is 0.271 e. The second kappa shape index (κ2) is 2.60. The highest BCUT2D eigenvalue weighted by Crippen LogP contribution is 2.16. The van der Waals surface area contributed by atoms with E-state index in [0.29, 0.717) is 5.02 Å². The standard InChI is InChI=1S/C8H4ClN2O/c9-5-1-2-6-7(3-5)11-8(4-12)10-6/h1-3H,(H,10,11). The van der Waals surface area contributed by atoms with Crippen LogP contribution in [-0.4, -0.2) is 16.3 Å². The molecule has 1 N–H and O–H groups in total. The van der Waals surface area contributed by atoms with Crippen molar-refractivity contribution in [2.45, 2.75) is 0 Å². The van der Waals surface area contributed by atoms with Crippen molar-refractivity contribution >= 4 is 28.9 Å². The molecule has 0 saturated carbocycles. The van der Waals surface area contributed by atoms with Gasteiger partial charge in [0.2, 0.25) is 0 Å². The van der Waals surface area contributed by atoms with E-state index in [4.69, 9.17) is 11.6 Å². The van der Waals surface area contributed by atoms with Crippen molar-refractivity contribution in [3.05, 3.63) is 29.0 Å². The average Bonchev–Trinajstić information content (AvgIpc) is 2.46. The second-order valence-corrected chi connectivity index (χ2v) is 2.79. The molecule has 4 heteroatoms. The molecule has 0 bridgehead atoms. The second-order valence-electron chi connectivity index (χ2n) is 2.35. The Balaban J connectivity index is 2.75. The highest BCUT2D eigenvalue weighted by molar-refractivity contribution is 6.31. The molecule has 1 heterocycles. The highest BCUT2D eigenvalue weighted by atomic mass is 35.5. The zero-order valence-electron chi connectivity index (χ0n) is 5.97. The number of carbonyl (C=O) groups excluding carboxylic acids is 1. The SMILES string of the molecule is O=[C]c1nc2ccc(Cl)cc2[nH]1. The summed E-state index contributed by atoms with van der Waals surface area (Å²) in [6.45, 7) is 0. The third kappa shape index (κ3) is 1.08. The first-order chi connectivity index (χ1) is 5.79. The summed E-state index contributed by atoms with van der Waals surface area (Å²) in [4.78, 5) is 16.9. The first-order valence-electron chi connectivity index (χ1n) is 3.33. The zero-order chi connectivity index (χ0) is 8.55. The Morgan fingerprint density at radius 3 is 3.08 bits per heavy atom. The minimum absolute atomic E-state index is 0.201. The summed E-state index contributed by atoms with van der Waals surface area (Å²) in [7, 11) is 0. The number of H-pyrrole nitrogens is 1. The van der Waals surface area contributed by atoms with Crippen LogP contribution in [-0.2, 0) is 4.79 Å². The number of benzene rings is 1. The fourth-order valence-electron chi connectivity index (χ4n) is 1.03. The maximum atomic E-state index is 10.2. The largest absolute Gasteiger partial charge is 0.335 e. The lowest BCUT2D eigenvalue weighted by molar-refractivity contribution is 0.560. The molecule has 0 spiro atoms. The molecule has 1 aromatic carbocycles. The number of nitrogens with one attached hydrogen (secondary N) is 1. The Morgan fingerprint density at radius 2 is 2.33 bits per heavy atom. The number of imidazole rings is 1.